The van der Waals surface area contributed by atoms with Crippen molar-refractivity contribution in [3.63, 3.8) is 0 Å². The van der Waals surface area contributed by atoms with Crippen LogP contribution in [0.1, 0.15) is 63.5 Å². The van der Waals surface area contributed by atoms with E-state index in [-0.39, 0.29) is 0 Å². The number of hydrogen-bond donors (Lipinski definition) is 3. The van der Waals surface area contributed by atoms with E-state index in [2.05, 4.69) is 50.3 Å². The van der Waals surface area contributed by atoms with Gasteiger partial charge in [0.05, 0.1) is 17.9 Å². The number of anilines is 3. The fraction of sp³-hybridized carbons (Fsp3) is 0.667. The summed E-state index contributed by atoms with van der Waals surface area (Å²) in [5.74, 6) is 2.15. The first-order valence-corrected chi connectivity index (χ1v) is 11.0. The molecular weight excluding hydrogens is 364 g/mol. The second-order valence-corrected chi connectivity index (χ2v) is 8.54. The number of hydrogen-bond acceptors (Lipinski definition) is 7. The second-order valence-electron chi connectivity index (χ2n) is 8.54. The second kappa shape index (κ2) is 9.09. The number of nitrogens with two attached hydrogens (primary N) is 1. The van der Waals surface area contributed by atoms with Crippen molar-refractivity contribution < 1.29 is 0 Å². The number of piperidine rings is 1. The predicted octanol–water partition coefficient (Wildman–Crippen LogP) is 3.10. The third-order valence-corrected chi connectivity index (χ3v) is 5.97. The van der Waals surface area contributed by atoms with Crippen LogP contribution in [0.15, 0.2) is 18.6 Å². The summed E-state index contributed by atoms with van der Waals surface area (Å²) in [4.78, 5) is 11.8. The topological polar surface area (TPSA) is 96.9 Å². The van der Waals surface area contributed by atoms with E-state index in [0.29, 0.717) is 30.5 Å². The summed E-state index contributed by atoms with van der Waals surface area (Å²) < 4.78 is 2.10. The molecule has 0 radical (unpaired) electrons. The van der Waals surface area contributed by atoms with Gasteiger partial charge in [0.25, 0.3) is 0 Å². The van der Waals surface area contributed by atoms with Gasteiger partial charge in [0.15, 0.2) is 0 Å². The number of likely N-dealkylation sites (tertiary alicyclic amines) is 1. The number of nitrogens with one attached hydrogen (secondary N) is 2. The lowest BCUT2D eigenvalue weighted by molar-refractivity contribution is 0.147. The smallest absolute Gasteiger partial charge is 0.229 e. The molecule has 29 heavy (non-hydrogen) atoms. The van der Waals surface area contributed by atoms with Crippen LogP contribution < -0.4 is 16.4 Å². The summed E-state index contributed by atoms with van der Waals surface area (Å²) in [7, 11) is 0. The Morgan fingerprint density at radius 2 is 1.97 bits per heavy atom. The SMILES string of the molecule is CC(C)N1CCC(n2cc(Nc3ncc(C4CC4)c(NCCCN)n3)cn2)CC1. The molecule has 4 rings (SSSR count). The Morgan fingerprint density at radius 1 is 1.17 bits per heavy atom. The van der Waals surface area contributed by atoms with E-state index in [1.54, 1.807) is 0 Å². The van der Waals surface area contributed by atoms with Gasteiger partial charge in [-0.1, -0.05) is 0 Å². The molecule has 1 aliphatic heterocycles. The number of nitrogens with zero attached hydrogens (tertiary/aromatic N) is 5. The molecule has 0 atom stereocenters. The highest BCUT2D eigenvalue weighted by Gasteiger charge is 2.27. The Balaban J connectivity index is 1.40. The maximum Gasteiger partial charge on any atom is 0.229 e. The summed E-state index contributed by atoms with van der Waals surface area (Å²) in [6.45, 7) is 8.31. The third-order valence-electron chi connectivity index (χ3n) is 5.97. The van der Waals surface area contributed by atoms with Crippen molar-refractivity contribution in [2.24, 2.45) is 5.73 Å². The zero-order chi connectivity index (χ0) is 20.2. The molecule has 0 bridgehead atoms. The van der Waals surface area contributed by atoms with Crippen molar-refractivity contribution >= 4 is 17.5 Å². The van der Waals surface area contributed by atoms with Crippen LogP contribution in [0.3, 0.4) is 0 Å². The lowest BCUT2D eigenvalue weighted by Crippen LogP contribution is -2.39. The predicted molar refractivity (Wildman–Crippen MR) is 117 cm³/mol. The van der Waals surface area contributed by atoms with Crippen LogP contribution in [-0.2, 0) is 0 Å². The molecule has 0 aromatic carbocycles. The van der Waals surface area contributed by atoms with E-state index in [9.17, 15) is 0 Å². The zero-order valence-corrected chi connectivity index (χ0v) is 17.6. The highest BCUT2D eigenvalue weighted by atomic mass is 15.3. The summed E-state index contributed by atoms with van der Waals surface area (Å²) in [5.41, 5.74) is 7.78. The van der Waals surface area contributed by atoms with E-state index in [0.717, 1.165) is 50.4 Å². The molecule has 158 valence electrons. The van der Waals surface area contributed by atoms with Gasteiger partial charge in [-0.2, -0.15) is 10.1 Å². The Morgan fingerprint density at radius 3 is 2.66 bits per heavy atom. The van der Waals surface area contributed by atoms with Gasteiger partial charge < -0.3 is 21.3 Å². The molecule has 0 spiro atoms. The molecule has 8 heteroatoms. The van der Waals surface area contributed by atoms with Gasteiger partial charge in [0, 0.05) is 43.6 Å². The third kappa shape index (κ3) is 5.05. The molecule has 2 aromatic heterocycles. The zero-order valence-electron chi connectivity index (χ0n) is 17.6. The minimum absolute atomic E-state index is 0.465. The largest absolute Gasteiger partial charge is 0.370 e. The molecule has 0 unspecified atom stereocenters. The lowest BCUT2D eigenvalue weighted by Gasteiger charge is -2.34. The average Bonchev–Trinajstić information content (AvgIpc) is 3.47. The van der Waals surface area contributed by atoms with Crippen molar-refractivity contribution in [3.05, 3.63) is 24.2 Å². The minimum Gasteiger partial charge on any atom is -0.370 e. The van der Waals surface area contributed by atoms with Crippen LogP contribution >= 0.6 is 0 Å². The summed E-state index contributed by atoms with van der Waals surface area (Å²) >= 11 is 0. The molecule has 0 amide bonds. The van der Waals surface area contributed by atoms with Gasteiger partial charge in [-0.05, 0) is 58.4 Å². The van der Waals surface area contributed by atoms with Crippen molar-refractivity contribution in [2.75, 3.05) is 36.8 Å². The molecule has 2 aromatic rings. The normalized spacial score (nSPS) is 18.3. The van der Waals surface area contributed by atoms with Gasteiger partial charge in [0.1, 0.15) is 5.82 Å². The molecule has 1 aliphatic carbocycles. The molecule has 8 nitrogen and oxygen atoms in total. The van der Waals surface area contributed by atoms with Crippen molar-refractivity contribution in [1.29, 1.82) is 0 Å². The van der Waals surface area contributed by atoms with Gasteiger partial charge in [-0.15, -0.1) is 0 Å². The van der Waals surface area contributed by atoms with Crippen LogP contribution in [0.4, 0.5) is 17.5 Å². The maximum absolute atomic E-state index is 5.62. The monoisotopic (exact) mass is 398 g/mol. The standard InChI is InChI=1S/C21H34N8/c1-15(2)28-10-6-18(7-11-28)29-14-17(12-25-29)26-21-24-13-19(16-4-5-16)20(27-21)23-9-3-8-22/h12-16,18H,3-11,22H2,1-2H3,(H2,23,24,26,27). The Labute approximate surface area is 173 Å². The molecule has 2 fully saturated rings. The van der Waals surface area contributed by atoms with Crippen molar-refractivity contribution in [1.82, 2.24) is 24.6 Å². The molecule has 2 aliphatic rings. The molecule has 1 saturated heterocycles. The van der Waals surface area contributed by atoms with Crippen molar-refractivity contribution in [3.8, 4) is 0 Å². The minimum atomic E-state index is 0.465. The Kier molecular flexibility index (Phi) is 6.30. The van der Waals surface area contributed by atoms with Gasteiger partial charge in [-0.25, -0.2) is 4.98 Å². The molecule has 1 saturated carbocycles. The van der Waals surface area contributed by atoms with Crippen molar-refractivity contribution in [2.45, 2.75) is 64.0 Å². The summed E-state index contributed by atoms with van der Waals surface area (Å²) in [6, 6.07) is 1.08. The molecular formula is C21H34N8. The quantitative estimate of drug-likeness (QED) is 0.558. The lowest BCUT2D eigenvalue weighted by atomic mass is 10.0. The van der Waals surface area contributed by atoms with Gasteiger partial charge in [-0.3, -0.25) is 4.68 Å². The first kappa shape index (κ1) is 20.1. The average molecular weight is 399 g/mol. The Bertz CT molecular complexity index is 790. The van der Waals surface area contributed by atoms with Crippen LogP contribution in [0.25, 0.3) is 0 Å². The van der Waals surface area contributed by atoms with Gasteiger partial charge >= 0.3 is 0 Å². The van der Waals surface area contributed by atoms with E-state index >= 15 is 0 Å². The van der Waals surface area contributed by atoms with Crippen LogP contribution in [-0.4, -0.2) is 56.9 Å². The summed E-state index contributed by atoms with van der Waals surface area (Å²) in [6.07, 6.45) is 11.6. The summed E-state index contributed by atoms with van der Waals surface area (Å²) in [5, 5.41) is 11.4. The van der Waals surface area contributed by atoms with Gasteiger partial charge in [0.2, 0.25) is 5.95 Å². The van der Waals surface area contributed by atoms with Crippen LogP contribution in [0, 0.1) is 0 Å². The van der Waals surface area contributed by atoms with E-state index in [1.165, 1.54) is 18.4 Å². The highest BCUT2D eigenvalue weighted by Crippen LogP contribution is 2.42. The highest BCUT2D eigenvalue weighted by molar-refractivity contribution is 5.56. The first-order valence-electron chi connectivity index (χ1n) is 11.0. The fourth-order valence-corrected chi connectivity index (χ4v) is 3.99. The number of rotatable bonds is 9. The van der Waals surface area contributed by atoms with E-state index in [4.69, 9.17) is 10.7 Å². The Hall–Kier alpha value is -2.19. The van der Waals surface area contributed by atoms with Crippen LogP contribution in [0.5, 0.6) is 0 Å². The fourth-order valence-electron chi connectivity index (χ4n) is 3.99. The molecule has 4 N–H and O–H groups in total. The maximum atomic E-state index is 5.62. The number of aromatic nitrogens is 4. The van der Waals surface area contributed by atoms with E-state index in [1.807, 2.05) is 12.4 Å². The molecule has 3 heterocycles. The first-order chi connectivity index (χ1) is 14.1. The van der Waals surface area contributed by atoms with Crippen LogP contribution in [0.2, 0.25) is 0 Å². The van der Waals surface area contributed by atoms with E-state index < -0.39 is 0 Å².